The maximum absolute atomic E-state index is 6.57. The number of fused-ring (bicyclic) bond motifs is 7. The highest BCUT2D eigenvalue weighted by atomic mass is 16.3. The molecule has 0 N–H and O–H groups in total. The van der Waals surface area contributed by atoms with Crippen LogP contribution in [0.1, 0.15) is 18.2 Å². The van der Waals surface area contributed by atoms with Crippen molar-refractivity contribution in [3.8, 4) is 11.5 Å². The number of rotatable bonds is 4. The van der Waals surface area contributed by atoms with Crippen LogP contribution in [0.15, 0.2) is 120 Å². The maximum atomic E-state index is 6.57. The zero-order chi connectivity index (χ0) is 26.8. The van der Waals surface area contributed by atoms with Gasteiger partial charge in [-0.1, -0.05) is 73.3 Å². The Balaban J connectivity index is 1.42. The summed E-state index contributed by atoms with van der Waals surface area (Å²) < 4.78 is 11.1. The van der Waals surface area contributed by atoms with Crippen molar-refractivity contribution in [1.82, 2.24) is 14.1 Å². The quantitative estimate of drug-likeness (QED) is 0.234. The van der Waals surface area contributed by atoms with Gasteiger partial charge in [-0.3, -0.25) is 4.57 Å². The molecule has 4 heteroatoms. The molecule has 4 aromatic carbocycles. The zero-order valence-corrected chi connectivity index (χ0v) is 22.0. The molecule has 0 radical (unpaired) electrons. The van der Waals surface area contributed by atoms with E-state index in [1.807, 2.05) is 19.2 Å². The van der Waals surface area contributed by atoms with Crippen molar-refractivity contribution in [3.05, 3.63) is 127 Å². The van der Waals surface area contributed by atoms with Crippen LogP contribution >= 0.6 is 0 Å². The number of allylic oxidation sites excluding steroid dienone is 1. The van der Waals surface area contributed by atoms with E-state index >= 15 is 0 Å². The Morgan fingerprint density at radius 2 is 1.35 bits per heavy atom. The second-order valence-electron chi connectivity index (χ2n) is 10.0. The predicted molar refractivity (Wildman–Crippen MR) is 167 cm³/mol. The van der Waals surface area contributed by atoms with E-state index in [0.717, 1.165) is 55.6 Å². The molecule has 4 aromatic heterocycles. The first-order chi connectivity index (χ1) is 19.8. The minimum Gasteiger partial charge on any atom is -0.452 e. The van der Waals surface area contributed by atoms with E-state index in [1.54, 1.807) is 0 Å². The van der Waals surface area contributed by atoms with Crippen LogP contribution in [0.3, 0.4) is 0 Å². The number of hydrogen-bond donors (Lipinski definition) is 0. The lowest BCUT2D eigenvalue weighted by molar-refractivity contribution is 0.662. The van der Waals surface area contributed by atoms with Gasteiger partial charge in [-0.15, -0.1) is 0 Å². The van der Waals surface area contributed by atoms with E-state index in [4.69, 9.17) is 9.40 Å². The zero-order valence-electron chi connectivity index (χ0n) is 22.0. The molecule has 8 rings (SSSR count). The van der Waals surface area contributed by atoms with Gasteiger partial charge < -0.3 is 8.98 Å². The summed E-state index contributed by atoms with van der Waals surface area (Å²) in [5.74, 6) is 0.768. The SMILES string of the molecule is C=Cc1c(/C=C\C)n(-c2nccc3c2oc2ccc(-n4c5ccccc5c5ccccc54)cc23)c2ccccc12. The molecule has 0 saturated carbocycles. The molecule has 4 nitrogen and oxygen atoms in total. The molecule has 8 aromatic rings. The van der Waals surface area contributed by atoms with Crippen LogP contribution in [0.25, 0.3) is 78.3 Å². The number of para-hydroxylation sites is 3. The molecule has 0 bridgehead atoms. The van der Waals surface area contributed by atoms with Crippen molar-refractivity contribution >= 4 is 66.8 Å². The van der Waals surface area contributed by atoms with Gasteiger partial charge in [0.1, 0.15) is 5.58 Å². The van der Waals surface area contributed by atoms with E-state index in [1.165, 1.54) is 21.8 Å². The van der Waals surface area contributed by atoms with Gasteiger partial charge in [0.15, 0.2) is 11.4 Å². The Hall–Kier alpha value is -5.35. The highest BCUT2D eigenvalue weighted by Gasteiger charge is 2.21. The van der Waals surface area contributed by atoms with Crippen LogP contribution in [0.4, 0.5) is 0 Å². The summed E-state index contributed by atoms with van der Waals surface area (Å²) in [7, 11) is 0. The number of aromatic nitrogens is 3. The first-order valence-corrected chi connectivity index (χ1v) is 13.5. The Kier molecular flexibility index (Phi) is 4.85. The van der Waals surface area contributed by atoms with Crippen molar-refractivity contribution in [2.75, 3.05) is 0 Å². The third-order valence-corrected chi connectivity index (χ3v) is 7.88. The average molecular weight is 516 g/mol. The van der Waals surface area contributed by atoms with Crippen LogP contribution in [-0.4, -0.2) is 14.1 Å². The van der Waals surface area contributed by atoms with Crippen LogP contribution in [-0.2, 0) is 0 Å². The molecule has 0 unspecified atom stereocenters. The van der Waals surface area contributed by atoms with Gasteiger partial charge in [0.05, 0.1) is 22.2 Å². The van der Waals surface area contributed by atoms with Gasteiger partial charge in [0.25, 0.3) is 0 Å². The lowest BCUT2D eigenvalue weighted by atomic mass is 10.1. The summed E-state index contributed by atoms with van der Waals surface area (Å²) in [6.45, 7) is 6.14. The third kappa shape index (κ3) is 3.04. The second-order valence-corrected chi connectivity index (χ2v) is 10.0. The topological polar surface area (TPSA) is 35.9 Å². The van der Waals surface area contributed by atoms with Gasteiger partial charge in [0.2, 0.25) is 0 Å². The normalized spacial score (nSPS) is 12.1. The fourth-order valence-corrected chi connectivity index (χ4v) is 6.23. The van der Waals surface area contributed by atoms with Crippen LogP contribution in [0.2, 0.25) is 0 Å². The molecule has 0 saturated heterocycles. The fraction of sp³-hybridized carbons (Fsp3) is 0.0278. The summed E-state index contributed by atoms with van der Waals surface area (Å²) >= 11 is 0. The lowest BCUT2D eigenvalue weighted by Crippen LogP contribution is -2.00. The molecule has 0 spiro atoms. The van der Waals surface area contributed by atoms with E-state index in [0.29, 0.717) is 0 Å². The third-order valence-electron chi connectivity index (χ3n) is 7.88. The highest BCUT2D eigenvalue weighted by Crippen LogP contribution is 2.38. The molecular weight excluding hydrogens is 490 g/mol. The molecule has 0 fully saturated rings. The van der Waals surface area contributed by atoms with Gasteiger partial charge in [-0.05, 0) is 55.5 Å². The molecule has 40 heavy (non-hydrogen) atoms. The minimum atomic E-state index is 0.763. The number of pyridine rings is 1. The molecule has 0 aliphatic carbocycles. The summed E-state index contributed by atoms with van der Waals surface area (Å²) in [5, 5.41) is 5.72. The van der Waals surface area contributed by atoms with Crippen molar-refractivity contribution in [1.29, 1.82) is 0 Å². The highest BCUT2D eigenvalue weighted by molar-refractivity contribution is 6.11. The Bertz CT molecular complexity index is 2260. The lowest BCUT2D eigenvalue weighted by Gasteiger charge is -2.09. The van der Waals surface area contributed by atoms with Crippen molar-refractivity contribution < 1.29 is 4.42 Å². The first kappa shape index (κ1) is 22.6. The number of benzene rings is 4. The van der Waals surface area contributed by atoms with Gasteiger partial charge >= 0.3 is 0 Å². The van der Waals surface area contributed by atoms with Gasteiger partial charge in [-0.2, -0.15) is 0 Å². The summed E-state index contributed by atoms with van der Waals surface area (Å²) in [6.07, 6.45) is 7.96. The summed E-state index contributed by atoms with van der Waals surface area (Å²) in [6, 6.07) is 34.0. The average Bonchev–Trinajstić information content (AvgIpc) is 3.64. The van der Waals surface area contributed by atoms with E-state index in [-0.39, 0.29) is 0 Å². The molecule has 0 aliphatic heterocycles. The van der Waals surface area contributed by atoms with Gasteiger partial charge in [0, 0.05) is 44.4 Å². The second kappa shape index (κ2) is 8.58. The maximum Gasteiger partial charge on any atom is 0.181 e. The van der Waals surface area contributed by atoms with Crippen LogP contribution in [0, 0.1) is 0 Å². The Labute approximate surface area is 230 Å². The standard InChI is InChI=1S/C36H25N3O/c1-3-11-30-24(4-2)25-12-5-10-17-33(25)39(30)36-35-28(20-21-37-36)29-22-23(18-19-34(29)40-35)38-31-15-8-6-13-26(31)27-14-7-9-16-32(27)38/h3-22H,2H2,1H3/b11-3-. The number of furan rings is 1. The Morgan fingerprint density at radius 3 is 2.02 bits per heavy atom. The smallest absolute Gasteiger partial charge is 0.181 e. The largest absolute Gasteiger partial charge is 0.452 e. The molecule has 0 amide bonds. The van der Waals surface area contributed by atoms with Crippen molar-refractivity contribution in [2.45, 2.75) is 6.92 Å². The molecule has 0 atom stereocenters. The van der Waals surface area contributed by atoms with Crippen molar-refractivity contribution in [2.24, 2.45) is 0 Å². The number of nitrogens with zero attached hydrogens (tertiary/aromatic N) is 3. The minimum absolute atomic E-state index is 0.763. The number of hydrogen-bond acceptors (Lipinski definition) is 2. The first-order valence-electron chi connectivity index (χ1n) is 13.5. The van der Waals surface area contributed by atoms with Crippen LogP contribution in [0.5, 0.6) is 0 Å². The molecular formula is C36H25N3O. The monoisotopic (exact) mass is 515 g/mol. The predicted octanol–water partition coefficient (Wildman–Crippen LogP) is 9.70. The molecule has 0 aliphatic rings. The van der Waals surface area contributed by atoms with Crippen molar-refractivity contribution in [3.63, 3.8) is 0 Å². The van der Waals surface area contributed by atoms with E-state index in [9.17, 15) is 0 Å². The fourth-order valence-electron chi connectivity index (χ4n) is 6.23. The van der Waals surface area contributed by atoms with E-state index in [2.05, 4.69) is 125 Å². The molecule has 4 heterocycles. The van der Waals surface area contributed by atoms with E-state index < -0.39 is 0 Å². The van der Waals surface area contributed by atoms with Gasteiger partial charge in [-0.25, -0.2) is 4.98 Å². The van der Waals surface area contributed by atoms with Crippen LogP contribution < -0.4 is 0 Å². The molecule has 190 valence electrons. The summed E-state index contributed by atoms with van der Waals surface area (Å²) in [5.41, 5.74) is 8.25. The summed E-state index contributed by atoms with van der Waals surface area (Å²) in [4.78, 5) is 4.86. The Morgan fingerprint density at radius 1 is 0.700 bits per heavy atom.